The SMILES string of the molecule is Cc1ccc(C(=O)N2CC[C@H](O)C2)cc1O. The molecule has 0 bridgehead atoms. The summed E-state index contributed by atoms with van der Waals surface area (Å²) in [6, 6.07) is 4.89. The number of phenols is 1. The number of carbonyl (C=O) groups excluding carboxylic acids is 1. The first kappa shape index (κ1) is 11.0. The minimum absolute atomic E-state index is 0.130. The van der Waals surface area contributed by atoms with Crippen molar-refractivity contribution in [1.29, 1.82) is 0 Å². The molecule has 1 aliphatic heterocycles. The average molecular weight is 221 g/mol. The molecule has 0 aliphatic carbocycles. The first-order chi connectivity index (χ1) is 7.58. The van der Waals surface area contributed by atoms with Crippen LogP contribution < -0.4 is 0 Å². The highest BCUT2D eigenvalue weighted by Gasteiger charge is 2.25. The van der Waals surface area contributed by atoms with E-state index in [1.54, 1.807) is 24.0 Å². The molecule has 1 atom stereocenters. The lowest BCUT2D eigenvalue weighted by Crippen LogP contribution is -2.29. The van der Waals surface area contributed by atoms with Gasteiger partial charge in [-0.15, -0.1) is 0 Å². The zero-order valence-electron chi connectivity index (χ0n) is 9.18. The number of aromatic hydroxyl groups is 1. The number of benzene rings is 1. The lowest BCUT2D eigenvalue weighted by molar-refractivity contribution is 0.0764. The minimum Gasteiger partial charge on any atom is -0.508 e. The molecule has 1 saturated heterocycles. The zero-order chi connectivity index (χ0) is 11.7. The number of aryl methyl sites for hydroxylation is 1. The van der Waals surface area contributed by atoms with Crippen molar-refractivity contribution in [3.8, 4) is 5.75 Å². The first-order valence-electron chi connectivity index (χ1n) is 5.35. The number of phenolic OH excluding ortho intramolecular Hbond substituents is 1. The summed E-state index contributed by atoms with van der Waals surface area (Å²) in [5, 5.41) is 18.9. The van der Waals surface area contributed by atoms with Crippen molar-refractivity contribution in [2.45, 2.75) is 19.4 Å². The summed E-state index contributed by atoms with van der Waals surface area (Å²) in [5.41, 5.74) is 1.22. The van der Waals surface area contributed by atoms with Gasteiger partial charge in [-0.05, 0) is 31.0 Å². The standard InChI is InChI=1S/C12H15NO3/c1-8-2-3-9(6-11(8)15)12(16)13-5-4-10(14)7-13/h2-3,6,10,14-15H,4-5,7H2,1H3/t10-/m0/s1. The van der Waals surface area contributed by atoms with Gasteiger partial charge in [-0.1, -0.05) is 6.07 Å². The van der Waals surface area contributed by atoms with Crippen molar-refractivity contribution in [2.75, 3.05) is 13.1 Å². The van der Waals surface area contributed by atoms with Crippen LogP contribution in [0.25, 0.3) is 0 Å². The number of likely N-dealkylation sites (tertiary alicyclic amines) is 1. The van der Waals surface area contributed by atoms with Crippen LogP contribution in [-0.2, 0) is 0 Å². The summed E-state index contributed by atoms with van der Waals surface area (Å²) in [6.45, 7) is 2.74. The maximum absolute atomic E-state index is 12.0. The van der Waals surface area contributed by atoms with Crippen molar-refractivity contribution in [3.63, 3.8) is 0 Å². The lowest BCUT2D eigenvalue weighted by Gasteiger charge is -2.15. The van der Waals surface area contributed by atoms with E-state index in [-0.39, 0.29) is 11.7 Å². The first-order valence-corrected chi connectivity index (χ1v) is 5.35. The Balaban J connectivity index is 2.18. The second kappa shape index (κ2) is 4.14. The Morgan fingerprint density at radius 1 is 1.50 bits per heavy atom. The van der Waals surface area contributed by atoms with E-state index in [0.29, 0.717) is 25.1 Å². The molecule has 2 rings (SSSR count). The second-order valence-corrected chi connectivity index (χ2v) is 4.19. The minimum atomic E-state index is -0.414. The van der Waals surface area contributed by atoms with Gasteiger partial charge in [-0.25, -0.2) is 0 Å². The number of nitrogens with zero attached hydrogens (tertiary/aromatic N) is 1. The van der Waals surface area contributed by atoms with E-state index in [1.165, 1.54) is 6.07 Å². The third-order valence-corrected chi connectivity index (χ3v) is 2.91. The van der Waals surface area contributed by atoms with Gasteiger partial charge in [0.05, 0.1) is 6.10 Å². The van der Waals surface area contributed by atoms with Crippen LogP contribution in [0.15, 0.2) is 18.2 Å². The van der Waals surface area contributed by atoms with Crippen molar-refractivity contribution in [2.24, 2.45) is 0 Å². The number of hydrogen-bond acceptors (Lipinski definition) is 3. The highest BCUT2D eigenvalue weighted by atomic mass is 16.3. The number of rotatable bonds is 1. The number of hydrogen-bond donors (Lipinski definition) is 2. The van der Waals surface area contributed by atoms with Crippen LogP contribution in [0.3, 0.4) is 0 Å². The van der Waals surface area contributed by atoms with Crippen molar-refractivity contribution in [3.05, 3.63) is 29.3 Å². The van der Waals surface area contributed by atoms with E-state index in [1.807, 2.05) is 0 Å². The average Bonchev–Trinajstić information content (AvgIpc) is 2.68. The Morgan fingerprint density at radius 2 is 2.25 bits per heavy atom. The molecule has 1 fully saturated rings. The maximum Gasteiger partial charge on any atom is 0.254 e. The monoisotopic (exact) mass is 221 g/mol. The van der Waals surface area contributed by atoms with Gasteiger partial charge < -0.3 is 15.1 Å². The van der Waals surface area contributed by atoms with E-state index in [9.17, 15) is 15.0 Å². The molecule has 0 spiro atoms. The molecular formula is C12H15NO3. The van der Waals surface area contributed by atoms with Crippen LogP contribution in [0.5, 0.6) is 5.75 Å². The highest BCUT2D eigenvalue weighted by Crippen LogP contribution is 2.20. The van der Waals surface area contributed by atoms with Gasteiger partial charge in [-0.2, -0.15) is 0 Å². The molecule has 86 valence electrons. The summed E-state index contributed by atoms with van der Waals surface area (Å²) in [5.74, 6) is -0.00237. The molecule has 0 saturated carbocycles. The van der Waals surface area contributed by atoms with Crippen LogP contribution in [-0.4, -0.2) is 40.2 Å². The molecular weight excluding hydrogens is 206 g/mol. The fourth-order valence-electron chi connectivity index (χ4n) is 1.85. The summed E-state index contributed by atoms with van der Waals surface area (Å²) in [7, 11) is 0. The third-order valence-electron chi connectivity index (χ3n) is 2.91. The molecule has 4 heteroatoms. The molecule has 1 aliphatic rings. The number of amides is 1. The zero-order valence-corrected chi connectivity index (χ0v) is 9.18. The van der Waals surface area contributed by atoms with E-state index >= 15 is 0 Å². The molecule has 0 aromatic heterocycles. The van der Waals surface area contributed by atoms with Crippen molar-refractivity contribution < 1.29 is 15.0 Å². The highest BCUT2D eigenvalue weighted by molar-refractivity contribution is 5.94. The Hall–Kier alpha value is -1.55. The molecule has 2 N–H and O–H groups in total. The molecule has 1 aromatic rings. The van der Waals surface area contributed by atoms with Gasteiger partial charge in [0.25, 0.3) is 5.91 Å². The summed E-state index contributed by atoms with van der Waals surface area (Å²) in [6.07, 6.45) is 0.215. The molecule has 1 heterocycles. The van der Waals surface area contributed by atoms with Crippen LogP contribution >= 0.6 is 0 Å². The van der Waals surface area contributed by atoms with Gasteiger partial charge in [-0.3, -0.25) is 4.79 Å². The summed E-state index contributed by atoms with van der Waals surface area (Å²) < 4.78 is 0. The lowest BCUT2D eigenvalue weighted by atomic mass is 10.1. The van der Waals surface area contributed by atoms with Gasteiger partial charge >= 0.3 is 0 Å². The van der Waals surface area contributed by atoms with Crippen molar-refractivity contribution in [1.82, 2.24) is 4.90 Å². The van der Waals surface area contributed by atoms with Crippen molar-refractivity contribution >= 4 is 5.91 Å². The van der Waals surface area contributed by atoms with Gasteiger partial charge in [0.2, 0.25) is 0 Å². The molecule has 0 radical (unpaired) electrons. The number of aliphatic hydroxyl groups is 1. The normalized spacial score (nSPS) is 20.1. The van der Waals surface area contributed by atoms with E-state index < -0.39 is 6.10 Å². The Bertz CT molecular complexity index is 417. The maximum atomic E-state index is 12.0. The smallest absolute Gasteiger partial charge is 0.254 e. The largest absolute Gasteiger partial charge is 0.508 e. The molecule has 1 amide bonds. The predicted octanol–water partition coefficient (Wildman–Crippen LogP) is 0.907. The Morgan fingerprint density at radius 3 is 2.81 bits per heavy atom. The molecule has 4 nitrogen and oxygen atoms in total. The molecule has 16 heavy (non-hydrogen) atoms. The van der Waals surface area contributed by atoms with Crippen LogP contribution in [0.1, 0.15) is 22.3 Å². The van der Waals surface area contributed by atoms with E-state index in [4.69, 9.17) is 0 Å². The van der Waals surface area contributed by atoms with Gasteiger partial charge in [0.1, 0.15) is 5.75 Å². The molecule has 0 unspecified atom stereocenters. The number of carbonyl (C=O) groups is 1. The predicted molar refractivity (Wildman–Crippen MR) is 59.4 cm³/mol. The van der Waals surface area contributed by atoms with Gasteiger partial charge in [0.15, 0.2) is 0 Å². The Labute approximate surface area is 94.1 Å². The van der Waals surface area contributed by atoms with E-state index in [2.05, 4.69) is 0 Å². The van der Waals surface area contributed by atoms with Gasteiger partial charge in [0, 0.05) is 18.7 Å². The fourth-order valence-corrected chi connectivity index (χ4v) is 1.85. The topological polar surface area (TPSA) is 60.8 Å². The quantitative estimate of drug-likeness (QED) is 0.741. The van der Waals surface area contributed by atoms with E-state index in [0.717, 1.165) is 5.56 Å². The molecule has 1 aromatic carbocycles. The number of aliphatic hydroxyl groups excluding tert-OH is 1. The third kappa shape index (κ3) is 2.02. The van der Waals surface area contributed by atoms with Crippen LogP contribution in [0, 0.1) is 6.92 Å². The Kier molecular flexibility index (Phi) is 2.83. The van der Waals surface area contributed by atoms with Crippen LogP contribution in [0.4, 0.5) is 0 Å². The fraction of sp³-hybridized carbons (Fsp3) is 0.417. The summed E-state index contributed by atoms with van der Waals surface area (Å²) in [4.78, 5) is 13.6. The number of β-amino-alcohol motifs (C(OH)–C–C–N with tert-alkyl or cyclic N) is 1. The second-order valence-electron chi connectivity index (χ2n) is 4.19. The summed E-state index contributed by atoms with van der Waals surface area (Å²) >= 11 is 0. The van der Waals surface area contributed by atoms with Crippen LogP contribution in [0.2, 0.25) is 0 Å².